The molecule has 1 N–H and O–H groups in total. The summed E-state index contributed by atoms with van der Waals surface area (Å²) in [5.41, 5.74) is -0.514. The highest BCUT2D eigenvalue weighted by molar-refractivity contribution is 5.81. The standard InChI is InChI=1S/C16H29NO3/c1-4-19-15(18)16(10-12(2)7-8-13(16)3)17-11-14-6-5-9-20-14/h12-14,17H,4-11H2,1-3H3. The minimum atomic E-state index is -0.514. The molecule has 0 aromatic carbocycles. The van der Waals surface area contributed by atoms with E-state index in [9.17, 15) is 4.79 Å². The topological polar surface area (TPSA) is 47.6 Å². The second-order valence-electron chi connectivity index (χ2n) is 6.50. The van der Waals surface area contributed by atoms with Gasteiger partial charge in [-0.3, -0.25) is 10.1 Å². The number of hydrogen-bond acceptors (Lipinski definition) is 4. The molecule has 1 heterocycles. The molecule has 1 saturated carbocycles. The van der Waals surface area contributed by atoms with Gasteiger partial charge in [-0.15, -0.1) is 0 Å². The summed E-state index contributed by atoms with van der Waals surface area (Å²) < 4.78 is 11.1. The average molecular weight is 283 g/mol. The molecular formula is C16H29NO3. The zero-order valence-corrected chi connectivity index (χ0v) is 13.1. The smallest absolute Gasteiger partial charge is 0.326 e. The van der Waals surface area contributed by atoms with Gasteiger partial charge in [-0.2, -0.15) is 0 Å². The second-order valence-corrected chi connectivity index (χ2v) is 6.50. The molecule has 2 rings (SSSR count). The molecule has 0 amide bonds. The summed E-state index contributed by atoms with van der Waals surface area (Å²) in [6.45, 7) is 8.34. The SMILES string of the molecule is CCOC(=O)C1(NCC2CCCO2)CC(C)CCC1C. The molecule has 1 aliphatic carbocycles. The lowest BCUT2D eigenvalue weighted by Crippen LogP contribution is -2.61. The van der Waals surface area contributed by atoms with Gasteiger partial charge in [-0.05, 0) is 44.4 Å². The van der Waals surface area contributed by atoms with Gasteiger partial charge in [0.1, 0.15) is 5.54 Å². The van der Waals surface area contributed by atoms with Crippen LogP contribution in [0.1, 0.15) is 52.9 Å². The van der Waals surface area contributed by atoms with Gasteiger partial charge in [0.2, 0.25) is 0 Å². The molecule has 0 spiro atoms. The molecule has 0 aromatic heterocycles. The Bertz CT molecular complexity index is 328. The molecule has 0 radical (unpaired) electrons. The highest BCUT2D eigenvalue weighted by atomic mass is 16.5. The van der Waals surface area contributed by atoms with Gasteiger partial charge < -0.3 is 9.47 Å². The van der Waals surface area contributed by atoms with Crippen LogP contribution < -0.4 is 5.32 Å². The van der Waals surface area contributed by atoms with Crippen LogP contribution in [0, 0.1) is 11.8 Å². The van der Waals surface area contributed by atoms with Gasteiger partial charge in [-0.1, -0.05) is 20.3 Å². The lowest BCUT2D eigenvalue weighted by molar-refractivity contribution is -0.156. The lowest BCUT2D eigenvalue weighted by atomic mass is 9.69. The molecule has 0 aromatic rings. The average Bonchev–Trinajstić information content (AvgIpc) is 2.93. The van der Waals surface area contributed by atoms with Gasteiger partial charge in [-0.25, -0.2) is 0 Å². The molecule has 4 heteroatoms. The number of carbonyl (C=O) groups excluding carboxylic acids is 1. The van der Waals surface area contributed by atoms with Crippen molar-refractivity contribution in [2.24, 2.45) is 11.8 Å². The maximum Gasteiger partial charge on any atom is 0.326 e. The normalized spacial score (nSPS) is 37.9. The van der Waals surface area contributed by atoms with E-state index >= 15 is 0 Å². The number of rotatable bonds is 5. The molecule has 4 atom stereocenters. The van der Waals surface area contributed by atoms with Gasteiger partial charge in [0, 0.05) is 13.2 Å². The number of ether oxygens (including phenoxy) is 2. The van der Waals surface area contributed by atoms with Crippen LogP contribution in [0.5, 0.6) is 0 Å². The van der Waals surface area contributed by atoms with E-state index in [0.29, 0.717) is 18.4 Å². The summed E-state index contributed by atoms with van der Waals surface area (Å²) in [5, 5.41) is 3.54. The van der Waals surface area contributed by atoms with Crippen LogP contribution in [0.4, 0.5) is 0 Å². The number of esters is 1. The van der Waals surface area contributed by atoms with Crippen LogP contribution in [-0.2, 0) is 14.3 Å². The Kier molecular flexibility index (Phi) is 5.44. The number of nitrogens with one attached hydrogen (secondary N) is 1. The molecule has 0 bridgehead atoms. The summed E-state index contributed by atoms with van der Waals surface area (Å²) in [6, 6.07) is 0. The highest BCUT2D eigenvalue weighted by Crippen LogP contribution is 2.38. The number of carbonyl (C=O) groups is 1. The summed E-state index contributed by atoms with van der Waals surface area (Å²) in [7, 11) is 0. The van der Waals surface area contributed by atoms with Crippen molar-refractivity contribution in [2.75, 3.05) is 19.8 Å². The van der Waals surface area contributed by atoms with Crippen LogP contribution in [0.25, 0.3) is 0 Å². The van der Waals surface area contributed by atoms with E-state index in [4.69, 9.17) is 9.47 Å². The van der Waals surface area contributed by atoms with Crippen molar-refractivity contribution in [1.29, 1.82) is 0 Å². The fourth-order valence-corrected chi connectivity index (χ4v) is 3.60. The predicted molar refractivity (Wildman–Crippen MR) is 78.5 cm³/mol. The quantitative estimate of drug-likeness (QED) is 0.788. The Labute approximate surface area is 122 Å². The predicted octanol–water partition coefficient (Wildman–Crippen LogP) is 2.51. The van der Waals surface area contributed by atoms with Crippen LogP contribution in [-0.4, -0.2) is 37.4 Å². The molecule has 4 unspecified atom stereocenters. The monoisotopic (exact) mass is 283 g/mol. The maximum absolute atomic E-state index is 12.6. The first-order valence-corrected chi connectivity index (χ1v) is 8.12. The van der Waals surface area contributed by atoms with Crippen molar-refractivity contribution in [1.82, 2.24) is 5.32 Å². The Hall–Kier alpha value is -0.610. The molecule has 4 nitrogen and oxygen atoms in total. The first-order valence-electron chi connectivity index (χ1n) is 8.12. The van der Waals surface area contributed by atoms with E-state index in [0.717, 1.165) is 38.8 Å². The van der Waals surface area contributed by atoms with E-state index in [1.54, 1.807) is 0 Å². The van der Waals surface area contributed by atoms with Crippen LogP contribution in [0.15, 0.2) is 0 Å². The van der Waals surface area contributed by atoms with Crippen molar-refractivity contribution < 1.29 is 14.3 Å². The van der Waals surface area contributed by atoms with Crippen LogP contribution in [0.2, 0.25) is 0 Å². The molecule has 2 fully saturated rings. The van der Waals surface area contributed by atoms with Gasteiger partial charge >= 0.3 is 5.97 Å². The third-order valence-corrected chi connectivity index (χ3v) is 4.91. The third kappa shape index (κ3) is 3.34. The summed E-state index contributed by atoms with van der Waals surface area (Å²) in [4.78, 5) is 12.6. The van der Waals surface area contributed by atoms with Gasteiger partial charge in [0.05, 0.1) is 12.7 Å². The fourth-order valence-electron chi connectivity index (χ4n) is 3.60. The molecule has 116 valence electrons. The minimum Gasteiger partial charge on any atom is -0.465 e. The van der Waals surface area contributed by atoms with E-state index < -0.39 is 5.54 Å². The fraction of sp³-hybridized carbons (Fsp3) is 0.938. The van der Waals surface area contributed by atoms with Gasteiger partial charge in [0.25, 0.3) is 0 Å². The minimum absolute atomic E-state index is 0.0722. The van der Waals surface area contributed by atoms with Crippen LogP contribution in [0.3, 0.4) is 0 Å². The van der Waals surface area contributed by atoms with Crippen molar-refractivity contribution in [3.05, 3.63) is 0 Å². The van der Waals surface area contributed by atoms with Crippen molar-refractivity contribution in [3.8, 4) is 0 Å². The zero-order valence-electron chi connectivity index (χ0n) is 13.1. The van der Waals surface area contributed by atoms with Crippen molar-refractivity contribution in [3.63, 3.8) is 0 Å². The largest absolute Gasteiger partial charge is 0.465 e. The van der Waals surface area contributed by atoms with Gasteiger partial charge in [0.15, 0.2) is 0 Å². The maximum atomic E-state index is 12.6. The first kappa shape index (κ1) is 15.8. The molecule has 1 aliphatic heterocycles. The summed E-state index contributed by atoms with van der Waals surface area (Å²) in [6.07, 6.45) is 5.63. The zero-order chi connectivity index (χ0) is 14.6. The summed E-state index contributed by atoms with van der Waals surface area (Å²) in [5.74, 6) is 0.809. The Morgan fingerprint density at radius 1 is 1.35 bits per heavy atom. The lowest BCUT2D eigenvalue weighted by Gasteiger charge is -2.44. The van der Waals surface area contributed by atoms with Crippen molar-refractivity contribution in [2.45, 2.75) is 64.5 Å². The third-order valence-electron chi connectivity index (χ3n) is 4.91. The first-order chi connectivity index (χ1) is 9.58. The Morgan fingerprint density at radius 3 is 2.80 bits per heavy atom. The molecule has 1 saturated heterocycles. The van der Waals surface area contributed by atoms with E-state index in [1.165, 1.54) is 6.42 Å². The van der Waals surface area contributed by atoms with Crippen LogP contribution >= 0.6 is 0 Å². The number of hydrogen-bond donors (Lipinski definition) is 1. The Balaban J connectivity index is 2.07. The summed E-state index contributed by atoms with van der Waals surface area (Å²) >= 11 is 0. The molecule has 20 heavy (non-hydrogen) atoms. The van der Waals surface area contributed by atoms with E-state index in [2.05, 4.69) is 19.2 Å². The molecular weight excluding hydrogens is 254 g/mol. The van der Waals surface area contributed by atoms with E-state index in [1.807, 2.05) is 6.92 Å². The molecule has 2 aliphatic rings. The van der Waals surface area contributed by atoms with E-state index in [-0.39, 0.29) is 12.1 Å². The Morgan fingerprint density at radius 2 is 2.15 bits per heavy atom. The van der Waals surface area contributed by atoms with Crippen molar-refractivity contribution >= 4 is 5.97 Å². The second kappa shape index (κ2) is 6.90. The highest BCUT2D eigenvalue weighted by Gasteiger charge is 2.48.